The number of carbonyl (C=O) groups is 1. The van der Waals surface area contributed by atoms with Crippen LogP contribution in [0.15, 0.2) is 36.1 Å². The molecule has 2 N–H and O–H groups in total. The Hall–Kier alpha value is -1.56. The minimum atomic E-state index is -0.522. The van der Waals surface area contributed by atoms with Gasteiger partial charge in [0.25, 0.3) is 5.91 Å². The maximum atomic E-state index is 12.8. The van der Waals surface area contributed by atoms with Gasteiger partial charge in [-0.1, -0.05) is 36.6 Å². The van der Waals surface area contributed by atoms with Gasteiger partial charge in [0.2, 0.25) is 6.29 Å². The predicted octanol–water partition coefficient (Wildman–Crippen LogP) is 4.15. The van der Waals surface area contributed by atoms with Crippen LogP contribution in [0.5, 0.6) is 0 Å². The van der Waals surface area contributed by atoms with Crippen LogP contribution in [0.3, 0.4) is 0 Å². The topological polar surface area (TPSA) is 67.8 Å². The molecule has 0 aromatic heterocycles. The van der Waals surface area contributed by atoms with E-state index in [4.69, 9.17) is 21.1 Å². The second-order valence-electron chi connectivity index (χ2n) is 7.53. The Morgan fingerprint density at radius 3 is 2.64 bits per heavy atom. The number of carbonyl (C=O) groups excluding carboxylic acids is 1. The highest BCUT2D eigenvalue weighted by molar-refractivity contribution is 6.30. The lowest BCUT2D eigenvalue weighted by Gasteiger charge is -2.37. The molecule has 3 rings (SSSR count). The van der Waals surface area contributed by atoms with Crippen LogP contribution < -0.4 is 5.32 Å². The summed E-state index contributed by atoms with van der Waals surface area (Å²) in [6.07, 6.45) is 7.13. The maximum Gasteiger partial charge on any atom is 0.286 e. The zero-order chi connectivity index (χ0) is 19.9. The van der Waals surface area contributed by atoms with E-state index >= 15 is 0 Å². The number of allylic oxidation sites excluding steroid dienone is 1. The van der Waals surface area contributed by atoms with Gasteiger partial charge < -0.3 is 19.9 Å². The molecule has 6 heteroatoms. The first-order valence-electron chi connectivity index (χ1n) is 10.3. The molecule has 28 heavy (non-hydrogen) atoms. The molecule has 1 aromatic rings. The first-order valence-corrected chi connectivity index (χ1v) is 10.7. The molecule has 1 heterocycles. The van der Waals surface area contributed by atoms with Crippen LogP contribution >= 0.6 is 11.6 Å². The van der Waals surface area contributed by atoms with Gasteiger partial charge in [-0.2, -0.15) is 0 Å². The number of hydrogen-bond acceptors (Lipinski definition) is 4. The number of aliphatic hydroxyl groups is 1. The minimum absolute atomic E-state index is 0.0105. The molecule has 154 valence electrons. The van der Waals surface area contributed by atoms with Gasteiger partial charge >= 0.3 is 0 Å². The summed E-state index contributed by atoms with van der Waals surface area (Å²) in [5.41, 5.74) is 1.06. The third-order valence-electron chi connectivity index (χ3n) is 5.58. The normalized spacial score (nSPS) is 25.2. The largest absolute Gasteiger partial charge is 0.459 e. The number of benzene rings is 1. The Kier molecular flexibility index (Phi) is 7.77. The van der Waals surface area contributed by atoms with E-state index in [1.807, 2.05) is 37.3 Å². The SMILES string of the molecule is CCO[C@@H]1OC(C(=O)NC2CCCC2)=C[C@H](c2ccc(Cl)cc2)[C@@H]1CCCO. The van der Waals surface area contributed by atoms with Gasteiger partial charge in [-0.05, 0) is 56.4 Å². The zero-order valence-electron chi connectivity index (χ0n) is 16.4. The quantitative estimate of drug-likeness (QED) is 0.679. The second kappa shape index (κ2) is 10.3. The summed E-state index contributed by atoms with van der Waals surface area (Å²) < 4.78 is 11.9. The molecule has 0 bridgehead atoms. The molecule has 1 aromatic carbocycles. The van der Waals surface area contributed by atoms with Crippen LogP contribution in [0.2, 0.25) is 5.02 Å². The van der Waals surface area contributed by atoms with Gasteiger partial charge in [0.05, 0.1) is 0 Å². The number of hydrogen-bond donors (Lipinski definition) is 2. The van der Waals surface area contributed by atoms with Gasteiger partial charge in [0.15, 0.2) is 5.76 Å². The molecule has 3 atom stereocenters. The van der Waals surface area contributed by atoms with E-state index < -0.39 is 6.29 Å². The standard InChI is InChI=1S/C22H30ClNO4/c1-2-27-22-18(8-5-13-25)19(15-9-11-16(23)12-10-15)14-20(28-22)21(26)24-17-6-3-4-7-17/h9-12,14,17-19,22,25H,2-8,13H2,1H3,(H,24,26)/t18-,19+,22+/m0/s1. The maximum absolute atomic E-state index is 12.8. The summed E-state index contributed by atoms with van der Waals surface area (Å²) in [4.78, 5) is 12.8. The molecule has 1 fully saturated rings. The number of nitrogens with one attached hydrogen (secondary N) is 1. The molecular formula is C22H30ClNO4. The average Bonchev–Trinajstić information content (AvgIpc) is 3.20. The van der Waals surface area contributed by atoms with E-state index in [9.17, 15) is 9.90 Å². The van der Waals surface area contributed by atoms with Crippen LogP contribution in [-0.4, -0.2) is 36.6 Å². The molecule has 1 aliphatic carbocycles. The van der Waals surface area contributed by atoms with Crippen molar-refractivity contribution in [3.05, 3.63) is 46.7 Å². The van der Waals surface area contributed by atoms with Gasteiger partial charge in [-0.3, -0.25) is 4.79 Å². The van der Waals surface area contributed by atoms with E-state index in [2.05, 4.69) is 5.32 Å². The van der Waals surface area contributed by atoms with Crippen molar-refractivity contribution in [2.45, 2.75) is 63.7 Å². The first-order chi connectivity index (χ1) is 13.6. The van der Waals surface area contributed by atoms with Crippen molar-refractivity contribution in [3.8, 4) is 0 Å². The molecule has 0 spiro atoms. The lowest BCUT2D eigenvalue weighted by Crippen LogP contribution is -2.41. The van der Waals surface area contributed by atoms with Crippen LogP contribution in [0.1, 0.15) is 56.9 Å². The third kappa shape index (κ3) is 5.28. The van der Waals surface area contributed by atoms with E-state index in [-0.39, 0.29) is 30.4 Å². The number of rotatable bonds is 8. The van der Waals surface area contributed by atoms with Gasteiger partial charge in [-0.25, -0.2) is 0 Å². The van der Waals surface area contributed by atoms with Crippen LogP contribution in [0, 0.1) is 5.92 Å². The molecule has 2 aliphatic rings. The third-order valence-corrected chi connectivity index (χ3v) is 5.83. The highest BCUT2D eigenvalue weighted by Gasteiger charge is 2.38. The number of amides is 1. The van der Waals surface area contributed by atoms with Gasteiger partial charge in [-0.15, -0.1) is 0 Å². The molecular weight excluding hydrogens is 378 g/mol. The fourth-order valence-electron chi connectivity index (χ4n) is 4.16. The first kappa shape index (κ1) is 21.2. The number of aliphatic hydroxyl groups excluding tert-OH is 1. The average molecular weight is 408 g/mol. The fraction of sp³-hybridized carbons (Fsp3) is 0.591. The van der Waals surface area contributed by atoms with Crippen molar-refractivity contribution < 1.29 is 19.4 Å². The summed E-state index contributed by atoms with van der Waals surface area (Å²) in [6, 6.07) is 7.91. The number of ether oxygens (including phenoxy) is 2. The fourth-order valence-corrected chi connectivity index (χ4v) is 4.28. The van der Waals surface area contributed by atoms with Crippen molar-refractivity contribution >= 4 is 17.5 Å². The van der Waals surface area contributed by atoms with Crippen molar-refractivity contribution in [3.63, 3.8) is 0 Å². The monoisotopic (exact) mass is 407 g/mol. The Labute approximate surface area is 172 Å². The smallest absolute Gasteiger partial charge is 0.286 e. The summed E-state index contributed by atoms with van der Waals surface area (Å²) in [6.45, 7) is 2.52. The van der Waals surface area contributed by atoms with E-state index in [1.165, 1.54) is 0 Å². The van der Waals surface area contributed by atoms with Gasteiger partial charge in [0, 0.05) is 36.1 Å². The summed E-state index contributed by atoms with van der Waals surface area (Å²) in [5.74, 6) is 0.122. The summed E-state index contributed by atoms with van der Waals surface area (Å²) in [5, 5.41) is 13.1. The number of halogens is 1. The summed E-state index contributed by atoms with van der Waals surface area (Å²) >= 11 is 6.06. The minimum Gasteiger partial charge on any atom is -0.459 e. The zero-order valence-corrected chi connectivity index (χ0v) is 17.2. The van der Waals surface area contributed by atoms with E-state index in [1.54, 1.807) is 0 Å². The van der Waals surface area contributed by atoms with Crippen LogP contribution in [0.4, 0.5) is 0 Å². The van der Waals surface area contributed by atoms with Crippen LogP contribution in [0.25, 0.3) is 0 Å². The predicted molar refractivity (Wildman–Crippen MR) is 109 cm³/mol. The van der Waals surface area contributed by atoms with Crippen molar-refractivity contribution in [1.82, 2.24) is 5.32 Å². The van der Waals surface area contributed by atoms with E-state index in [0.717, 1.165) is 37.7 Å². The molecule has 1 aliphatic heterocycles. The van der Waals surface area contributed by atoms with Crippen molar-refractivity contribution in [1.29, 1.82) is 0 Å². The van der Waals surface area contributed by atoms with Crippen molar-refractivity contribution in [2.24, 2.45) is 5.92 Å². The van der Waals surface area contributed by atoms with E-state index in [0.29, 0.717) is 23.8 Å². The summed E-state index contributed by atoms with van der Waals surface area (Å²) in [7, 11) is 0. The molecule has 0 saturated heterocycles. The molecule has 5 nitrogen and oxygen atoms in total. The lowest BCUT2D eigenvalue weighted by molar-refractivity contribution is -0.166. The highest BCUT2D eigenvalue weighted by atomic mass is 35.5. The molecule has 1 saturated carbocycles. The second-order valence-corrected chi connectivity index (χ2v) is 7.97. The Morgan fingerprint density at radius 2 is 2.00 bits per heavy atom. The van der Waals surface area contributed by atoms with Gasteiger partial charge in [0.1, 0.15) is 0 Å². The lowest BCUT2D eigenvalue weighted by atomic mass is 9.80. The molecule has 0 radical (unpaired) electrons. The highest BCUT2D eigenvalue weighted by Crippen LogP contribution is 2.39. The Morgan fingerprint density at radius 1 is 1.29 bits per heavy atom. The molecule has 1 amide bonds. The van der Waals surface area contributed by atoms with Crippen LogP contribution in [-0.2, 0) is 14.3 Å². The van der Waals surface area contributed by atoms with Crippen molar-refractivity contribution in [2.75, 3.05) is 13.2 Å². The Bertz CT molecular complexity index is 670. The molecule has 0 unspecified atom stereocenters. The Balaban J connectivity index is 1.87.